The largest absolute Gasteiger partial charge is 0.465 e. The number of likely N-dealkylation sites (N-methyl/N-ethyl adjacent to an activating group) is 1. The van der Waals surface area contributed by atoms with Gasteiger partial charge in [-0.25, -0.2) is 0 Å². The third-order valence-corrected chi connectivity index (χ3v) is 3.13. The SMILES string of the molecule is Cc1ccc(CN(C)CC(O)c2ccc(C#N)cc2)o1. The number of rotatable bonds is 5. The molecular formula is C16H18N2O2. The van der Waals surface area contributed by atoms with Gasteiger partial charge in [0, 0.05) is 6.54 Å². The van der Waals surface area contributed by atoms with Crippen LogP contribution in [0.3, 0.4) is 0 Å². The van der Waals surface area contributed by atoms with Gasteiger partial charge < -0.3 is 9.52 Å². The summed E-state index contributed by atoms with van der Waals surface area (Å²) >= 11 is 0. The summed E-state index contributed by atoms with van der Waals surface area (Å²) < 4.78 is 5.51. The number of furan rings is 1. The molecule has 4 heteroatoms. The second-order valence-electron chi connectivity index (χ2n) is 4.96. The Morgan fingerprint density at radius 1 is 1.25 bits per heavy atom. The van der Waals surface area contributed by atoms with Crippen LogP contribution in [0.2, 0.25) is 0 Å². The molecular weight excluding hydrogens is 252 g/mol. The lowest BCUT2D eigenvalue weighted by Crippen LogP contribution is -2.24. The van der Waals surface area contributed by atoms with Crippen LogP contribution in [0, 0.1) is 18.3 Å². The molecule has 0 aliphatic carbocycles. The van der Waals surface area contributed by atoms with E-state index >= 15 is 0 Å². The van der Waals surface area contributed by atoms with Gasteiger partial charge in [-0.15, -0.1) is 0 Å². The molecule has 0 aliphatic rings. The number of aliphatic hydroxyl groups excluding tert-OH is 1. The van der Waals surface area contributed by atoms with Crippen molar-refractivity contribution >= 4 is 0 Å². The van der Waals surface area contributed by atoms with Crippen molar-refractivity contribution in [2.45, 2.75) is 19.6 Å². The van der Waals surface area contributed by atoms with E-state index in [9.17, 15) is 5.11 Å². The molecule has 1 unspecified atom stereocenters. The van der Waals surface area contributed by atoms with Gasteiger partial charge in [-0.2, -0.15) is 5.26 Å². The smallest absolute Gasteiger partial charge is 0.118 e. The monoisotopic (exact) mass is 270 g/mol. The Bertz CT molecular complexity index is 596. The molecule has 1 aromatic heterocycles. The van der Waals surface area contributed by atoms with E-state index in [1.165, 1.54) is 0 Å². The minimum absolute atomic E-state index is 0.506. The normalized spacial score (nSPS) is 12.3. The van der Waals surface area contributed by atoms with Crippen molar-refractivity contribution in [3.8, 4) is 6.07 Å². The fourth-order valence-corrected chi connectivity index (χ4v) is 2.08. The van der Waals surface area contributed by atoms with Gasteiger partial charge >= 0.3 is 0 Å². The van der Waals surface area contributed by atoms with Crippen LogP contribution >= 0.6 is 0 Å². The molecule has 1 aromatic carbocycles. The Balaban J connectivity index is 1.92. The van der Waals surface area contributed by atoms with Gasteiger partial charge in [-0.05, 0) is 43.8 Å². The van der Waals surface area contributed by atoms with E-state index in [2.05, 4.69) is 6.07 Å². The quantitative estimate of drug-likeness (QED) is 0.907. The Labute approximate surface area is 118 Å². The van der Waals surface area contributed by atoms with Gasteiger partial charge in [0.15, 0.2) is 0 Å². The first kappa shape index (κ1) is 14.3. The predicted octanol–water partition coefficient (Wildman–Crippen LogP) is 2.63. The van der Waals surface area contributed by atoms with Crippen molar-refractivity contribution in [2.75, 3.05) is 13.6 Å². The highest BCUT2D eigenvalue weighted by Crippen LogP contribution is 2.16. The second-order valence-corrected chi connectivity index (χ2v) is 4.96. The van der Waals surface area contributed by atoms with E-state index in [1.54, 1.807) is 24.3 Å². The number of nitriles is 1. The zero-order valence-electron chi connectivity index (χ0n) is 11.7. The van der Waals surface area contributed by atoms with Crippen LogP contribution in [0.1, 0.15) is 28.8 Å². The third kappa shape index (κ3) is 3.70. The summed E-state index contributed by atoms with van der Waals surface area (Å²) in [5, 5.41) is 18.9. The van der Waals surface area contributed by atoms with Crippen LogP contribution in [0.4, 0.5) is 0 Å². The molecule has 0 fully saturated rings. The Morgan fingerprint density at radius 3 is 2.50 bits per heavy atom. The lowest BCUT2D eigenvalue weighted by molar-refractivity contribution is 0.120. The molecule has 2 aromatic rings. The van der Waals surface area contributed by atoms with E-state index in [0.29, 0.717) is 18.7 Å². The van der Waals surface area contributed by atoms with E-state index < -0.39 is 6.10 Å². The van der Waals surface area contributed by atoms with E-state index in [4.69, 9.17) is 9.68 Å². The maximum absolute atomic E-state index is 10.2. The maximum Gasteiger partial charge on any atom is 0.118 e. The summed E-state index contributed by atoms with van der Waals surface area (Å²) in [4.78, 5) is 2.00. The Hall–Kier alpha value is -2.09. The maximum atomic E-state index is 10.2. The van der Waals surface area contributed by atoms with Crippen molar-refractivity contribution in [2.24, 2.45) is 0 Å². The Kier molecular flexibility index (Phi) is 4.57. The lowest BCUT2D eigenvalue weighted by atomic mass is 10.1. The molecule has 0 aliphatic heterocycles. The molecule has 1 heterocycles. The summed E-state index contributed by atoms with van der Waals surface area (Å²) in [6.45, 7) is 3.07. The molecule has 0 radical (unpaired) electrons. The fraction of sp³-hybridized carbons (Fsp3) is 0.312. The standard InChI is InChI=1S/C16H18N2O2/c1-12-3-8-15(20-12)10-18(2)11-16(19)14-6-4-13(9-17)5-7-14/h3-8,16,19H,10-11H2,1-2H3. The van der Waals surface area contributed by atoms with Crippen LogP contribution in [0.5, 0.6) is 0 Å². The van der Waals surface area contributed by atoms with Gasteiger partial charge in [-0.3, -0.25) is 4.90 Å². The first-order chi connectivity index (χ1) is 9.58. The minimum atomic E-state index is -0.580. The highest BCUT2D eigenvalue weighted by molar-refractivity contribution is 5.32. The number of aryl methyl sites for hydroxylation is 1. The molecule has 0 spiro atoms. The molecule has 104 valence electrons. The zero-order chi connectivity index (χ0) is 14.5. The molecule has 1 atom stereocenters. The summed E-state index contributed by atoms with van der Waals surface area (Å²) in [6, 6.07) is 12.9. The van der Waals surface area contributed by atoms with Crippen molar-refractivity contribution in [1.82, 2.24) is 4.90 Å². The van der Waals surface area contributed by atoms with E-state index in [-0.39, 0.29) is 0 Å². The van der Waals surface area contributed by atoms with Gasteiger partial charge in [-0.1, -0.05) is 12.1 Å². The van der Waals surface area contributed by atoms with Crippen molar-refractivity contribution in [3.63, 3.8) is 0 Å². The molecule has 20 heavy (non-hydrogen) atoms. The van der Waals surface area contributed by atoms with Gasteiger partial charge in [0.2, 0.25) is 0 Å². The van der Waals surface area contributed by atoms with Crippen molar-refractivity contribution in [1.29, 1.82) is 5.26 Å². The zero-order valence-corrected chi connectivity index (χ0v) is 11.7. The number of nitrogens with zero attached hydrogens (tertiary/aromatic N) is 2. The highest BCUT2D eigenvalue weighted by Gasteiger charge is 2.12. The van der Waals surface area contributed by atoms with Gasteiger partial charge in [0.25, 0.3) is 0 Å². The van der Waals surface area contributed by atoms with E-state index in [1.807, 2.05) is 31.0 Å². The van der Waals surface area contributed by atoms with Gasteiger partial charge in [0.1, 0.15) is 11.5 Å². The topological polar surface area (TPSA) is 60.4 Å². The molecule has 4 nitrogen and oxygen atoms in total. The van der Waals surface area contributed by atoms with Crippen molar-refractivity contribution in [3.05, 3.63) is 59.0 Å². The molecule has 0 saturated heterocycles. The van der Waals surface area contributed by atoms with Gasteiger partial charge in [0.05, 0.1) is 24.3 Å². The van der Waals surface area contributed by atoms with E-state index in [0.717, 1.165) is 17.1 Å². The van der Waals surface area contributed by atoms with Crippen LogP contribution in [-0.2, 0) is 6.54 Å². The first-order valence-electron chi connectivity index (χ1n) is 6.50. The minimum Gasteiger partial charge on any atom is -0.465 e. The number of aliphatic hydroxyl groups is 1. The lowest BCUT2D eigenvalue weighted by Gasteiger charge is -2.19. The molecule has 0 saturated carbocycles. The Morgan fingerprint density at radius 2 is 1.95 bits per heavy atom. The summed E-state index contributed by atoms with van der Waals surface area (Å²) in [5.74, 6) is 1.78. The summed E-state index contributed by atoms with van der Waals surface area (Å²) in [7, 11) is 1.94. The number of hydrogen-bond donors (Lipinski definition) is 1. The third-order valence-electron chi connectivity index (χ3n) is 3.13. The summed E-state index contributed by atoms with van der Waals surface area (Å²) in [6.07, 6.45) is -0.580. The average molecular weight is 270 g/mol. The van der Waals surface area contributed by atoms with Crippen LogP contribution in [0.25, 0.3) is 0 Å². The van der Waals surface area contributed by atoms with Crippen LogP contribution < -0.4 is 0 Å². The first-order valence-corrected chi connectivity index (χ1v) is 6.50. The second kappa shape index (κ2) is 6.38. The van der Waals surface area contributed by atoms with Crippen LogP contribution in [0.15, 0.2) is 40.8 Å². The molecule has 2 rings (SSSR count). The fourth-order valence-electron chi connectivity index (χ4n) is 2.08. The highest BCUT2D eigenvalue weighted by atomic mass is 16.3. The number of hydrogen-bond acceptors (Lipinski definition) is 4. The molecule has 0 bridgehead atoms. The molecule has 1 N–H and O–H groups in total. The summed E-state index contributed by atoms with van der Waals surface area (Å²) in [5.41, 5.74) is 1.41. The van der Waals surface area contributed by atoms with Crippen LogP contribution in [-0.4, -0.2) is 23.6 Å². The average Bonchev–Trinajstić information content (AvgIpc) is 2.84. The predicted molar refractivity (Wildman–Crippen MR) is 75.9 cm³/mol. The molecule has 0 amide bonds. The number of benzene rings is 1. The van der Waals surface area contributed by atoms with Crippen molar-refractivity contribution < 1.29 is 9.52 Å².